The van der Waals surface area contributed by atoms with Crippen LogP contribution >= 0.6 is 0 Å². The Hall–Kier alpha value is -2.01. The van der Waals surface area contributed by atoms with Crippen molar-refractivity contribution in [1.29, 1.82) is 0 Å². The quantitative estimate of drug-likeness (QED) is 0.666. The molecule has 5 nitrogen and oxygen atoms in total. The number of ether oxygens (including phenoxy) is 1. The Morgan fingerprint density at radius 3 is 2.54 bits per heavy atom. The van der Waals surface area contributed by atoms with Crippen LogP contribution in [0.15, 0.2) is 36.6 Å². The summed E-state index contributed by atoms with van der Waals surface area (Å²) in [5.41, 5.74) is 7.29. The predicted molar refractivity (Wildman–Crippen MR) is 111 cm³/mol. The summed E-state index contributed by atoms with van der Waals surface area (Å²) in [6.07, 6.45) is 7.89. The van der Waals surface area contributed by atoms with Crippen molar-refractivity contribution < 1.29 is 14.6 Å². The average molecular weight is 387 g/mol. The summed E-state index contributed by atoms with van der Waals surface area (Å²) in [5.74, 6) is 1.82. The molecule has 0 aliphatic heterocycles. The van der Waals surface area contributed by atoms with Crippen LogP contribution in [0.1, 0.15) is 50.5 Å². The van der Waals surface area contributed by atoms with Gasteiger partial charge in [-0.05, 0) is 62.8 Å². The normalized spacial score (nSPS) is 23.5. The number of benzene rings is 1. The first-order chi connectivity index (χ1) is 13.5. The largest absolute Gasteiger partial charge is 0.513 e. The molecular weight excluding hydrogens is 352 g/mol. The van der Waals surface area contributed by atoms with Crippen LogP contribution in [-0.4, -0.2) is 41.7 Å². The van der Waals surface area contributed by atoms with Crippen molar-refractivity contribution in [1.82, 2.24) is 4.90 Å². The van der Waals surface area contributed by atoms with E-state index in [1.54, 1.807) is 0 Å². The minimum absolute atomic E-state index is 0.113. The highest BCUT2D eigenvalue weighted by atomic mass is 16.5. The van der Waals surface area contributed by atoms with Crippen molar-refractivity contribution >= 4 is 5.91 Å². The van der Waals surface area contributed by atoms with Crippen LogP contribution in [-0.2, 0) is 11.2 Å². The monoisotopic (exact) mass is 386 g/mol. The zero-order chi connectivity index (χ0) is 20.1. The molecule has 0 bridgehead atoms. The summed E-state index contributed by atoms with van der Waals surface area (Å²) in [5, 5.41) is 9.47. The molecule has 0 spiro atoms. The number of hydrogen-bond acceptors (Lipinski definition) is 4. The maximum Gasteiger partial charge on any atom is 0.239 e. The summed E-state index contributed by atoms with van der Waals surface area (Å²) < 4.78 is 6.05. The SMILES string of the molecule is C=C(O)Cc1ccccc1OCC1CCC([C@H](N)C(=O)N(C)C2CCC2)CC1. The van der Waals surface area contributed by atoms with Crippen LogP contribution in [0.4, 0.5) is 0 Å². The Balaban J connectivity index is 1.45. The van der Waals surface area contributed by atoms with Crippen molar-refractivity contribution in [3.63, 3.8) is 0 Å². The predicted octanol–water partition coefficient (Wildman–Crippen LogP) is 3.82. The molecule has 1 amide bonds. The molecule has 0 heterocycles. The lowest BCUT2D eigenvalue weighted by Gasteiger charge is -2.38. The van der Waals surface area contributed by atoms with Gasteiger partial charge in [0.1, 0.15) is 5.75 Å². The number of nitrogens with two attached hydrogens (primary N) is 1. The molecule has 3 N–H and O–H groups in total. The molecule has 28 heavy (non-hydrogen) atoms. The standard InChI is InChI=1S/C23H34N2O3/c1-16(26)14-19-6-3-4-9-21(19)28-15-17-10-12-18(13-11-17)22(24)23(27)25(2)20-7-5-8-20/h3-4,6,9,17-18,20,22,26H,1,5,7-8,10-15,24H2,2H3/t17?,18?,22-/m0/s1. The topological polar surface area (TPSA) is 75.8 Å². The van der Waals surface area contributed by atoms with Crippen molar-refractivity contribution in [3.05, 3.63) is 42.2 Å². The van der Waals surface area contributed by atoms with Crippen LogP contribution in [0.2, 0.25) is 0 Å². The Bertz CT molecular complexity index is 678. The molecular formula is C23H34N2O3. The number of likely N-dealkylation sites (N-methyl/N-ethyl adjacent to an activating group) is 1. The Labute approximate surface area is 168 Å². The summed E-state index contributed by atoms with van der Waals surface area (Å²) in [6, 6.07) is 7.81. The van der Waals surface area contributed by atoms with Crippen LogP contribution in [0.5, 0.6) is 5.75 Å². The lowest BCUT2D eigenvalue weighted by molar-refractivity contribution is -0.136. The number of aliphatic hydroxyl groups excluding tert-OH is 1. The zero-order valence-corrected chi connectivity index (χ0v) is 17.0. The molecule has 0 radical (unpaired) electrons. The number of amides is 1. The molecule has 1 aromatic carbocycles. The first-order valence-corrected chi connectivity index (χ1v) is 10.6. The van der Waals surface area contributed by atoms with Gasteiger partial charge in [0, 0.05) is 25.1 Å². The molecule has 1 aromatic rings. The number of carbonyl (C=O) groups excluding carboxylic acids is 1. The van der Waals surface area contributed by atoms with Crippen LogP contribution in [0.3, 0.4) is 0 Å². The van der Waals surface area contributed by atoms with E-state index in [1.165, 1.54) is 6.42 Å². The lowest BCUT2D eigenvalue weighted by atomic mass is 9.78. The maximum absolute atomic E-state index is 12.6. The first-order valence-electron chi connectivity index (χ1n) is 10.6. The van der Waals surface area contributed by atoms with Crippen molar-refractivity contribution in [2.24, 2.45) is 17.6 Å². The van der Waals surface area contributed by atoms with E-state index in [2.05, 4.69) is 6.58 Å². The van der Waals surface area contributed by atoms with E-state index in [0.29, 0.717) is 25.0 Å². The van der Waals surface area contributed by atoms with Crippen LogP contribution in [0.25, 0.3) is 0 Å². The summed E-state index contributed by atoms with van der Waals surface area (Å²) in [4.78, 5) is 14.5. The second-order valence-corrected chi connectivity index (χ2v) is 8.50. The molecule has 0 unspecified atom stereocenters. The smallest absolute Gasteiger partial charge is 0.239 e. The number of aliphatic hydroxyl groups is 1. The second-order valence-electron chi connectivity index (χ2n) is 8.50. The fourth-order valence-electron chi connectivity index (χ4n) is 4.32. The second kappa shape index (κ2) is 9.46. The minimum atomic E-state index is -0.372. The highest BCUT2D eigenvalue weighted by molar-refractivity contribution is 5.82. The van der Waals surface area contributed by atoms with Gasteiger partial charge in [-0.25, -0.2) is 0 Å². The zero-order valence-electron chi connectivity index (χ0n) is 17.0. The Morgan fingerprint density at radius 2 is 1.93 bits per heavy atom. The first kappa shape index (κ1) is 20.7. The van der Waals surface area contributed by atoms with Crippen LogP contribution < -0.4 is 10.5 Å². The van der Waals surface area contributed by atoms with Gasteiger partial charge < -0.3 is 20.5 Å². The number of hydrogen-bond donors (Lipinski definition) is 2. The summed E-state index contributed by atoms with van der Waals surface area (Å²) >= 11 is 0. The molecule has 154 valence electrons. The fraction of sp³-hybridized carbons (Fsp3) is 0.609. The third-order valence-electron chi connectivity index (χ3n) is 6.50. The minimum Gasteiger partial charge on any atom is -0.513 e. The van der Waals surface area contributed by atoms with Gasteiger partial charge in [-0.2, -0.15) is 0 Å². The molecule has 0 saturated heterocycles. The maximum atomic E-state index is 12.6. The molecule has 2 saturated carbocycles. The third kappa shape index (κ3) is 5.07. The molecule has 1 atom stereocenters. The van der Waals surface area contributed by atoms with Gasteiger partial charge in [-0.3, -0.25) is 4.79 Å². The van der Waals surface area contributed by atoms with E-state index in [4.69, 9.17) is 10.5 Å². The van der Waals surface area contributed by atoms with Gasteiger partial charge >= 0.3 is 0 Å². The molecule has 5 heteroatoms. The molecule has 0 aromatic heterocycles. The van der Waals surface area contributed by atoms with Gasteiger partial charge in [0.05, 0.1) is 18.4 Å². The lowest BCUT2D eigenvalue weighted by Crippen LogP contribution is -2.52. The van der Waals surface area contributed by atoms with Gasteiger partial charge in [-0.15, -0.1) is 0 Å². The highest BCUT2D eigenvalue weighted by Gasteiger charge is 2.34. The highest BCUT2D eigenvalue weighted by Crippen LogP contribution is 2.33. The molecule has 2 aliphatic carbocycles. The van der Waals surface area contributed by atoms with Crippen molar-refractivity contribution in [3.8, 4) is 5.75 Å². The molecule has 3 rings (SSSR count). The van der Waals surface area contributed by atoms with Crippen molar-refractivity contribution in [2.75, 3.05) is 13.7 Å². The Kier molecular flexibility index (Phi) is 7.00. The van der Waals surface area contributed by atoms with E-state index in [0.717, 1.165) is 49.8 Å². The van der Waals surface area contributed by atoms with Gasteiger partial charge in [-0.1, -0.05) is 24.8 Å². The van der Waals surface area contributed by atoms with E-state index >= 15 is 0 Å². The summed E-state index contributed by atoms with van der Waals surface area (Å²) in [6.45, 7) is 4.23. The molecule has 2 aliphatic rings. The molecule has 2 fully saturated rings. The van der Waals surface area contributed by atoms with Crippen molar-refractivity contribution in [2.45, 2.75) is 63.5 Å². The number of para-hydroxylation sites is 1. The van der Waals surface area contributed by atoms with E-state index in [-0.39, 0.29) is 23.6 Å². The van der Waals surface area contributed by atoms with Gasteiger partial charge in [0.2, 0.25) is 5.91 Å². The average Bonchev–Trinajstić information content (AvgIpc) is 2.64. The number of carbonyl (C=O) groups is 1. The Morgan fingerprint density at radius 1 is 1.25 bits per heavy atom. The number of nitrogens with zero attached hydrogens (tertiary/aromatic N) is 1. The van der Waals surface area contributed by atoms with E-state index < -0.39 is 0 Å². The van der Waals surface area contributed by atoms with E-state index in [1.807, 2.05) is 36.2 Å². The summed E-state index contributed by atoms with van der Waals surface area (Å²) in [7, 11) is 1.91. The van der Waals surface area contributed by atoms with E-state index in [9.17, 15) is 9.90 Å². The van der Waals surface area contributed by atoms with Gasteiger partial charge in [0.25, 0.3) is 0 Å². The van der Waals surface area contributed by atoms with Crippen LogP contribution in [0, 0.1) is 11.8 Å². The number of rotatable bonds is 8. The fourth-order valence-corrected chi connectivity index (χ4v) is 4.32. The number of allylic oxidation sites excluding steroid dienone is 1. The van der Waals surface area contributed by atoms with Gasteiger partial charge in [0.15, 0.2) is 0 Å². The third-order valence-corrected chi connectivity index (χ3v) is 6.50.